The van der Waals surface area contributed by atoms with Gasteiger partial charge in [0.25, 0.3) is 0 Å². The molecule has 0 N–H and O–H groups in total. The van der Waals surface area contributed by atoms with E-state index in [1.165, 1.54) is 0 Å². The molecule has 2 rings (SSSR count). The van der Waals surface area contributed by atoms with Crippen LogP contribution >= 0.6 is 0 Å². The van der Waals surface area contributed by atoms with Crippen molar-refractivity contribution in [3.8, 4) is 0 Å². The van der Waals surface area contributed by atoms with E-state index in [1.54, 1.807) is 50.2 Å². The van der Waals surface area contributed by atoms with E-state index in [-0.39, 0.29) is 24.6 Å². The van der Waals surface area contributed by atoms with Crippen LogP contribution in [0.4, 0.5) is 0 Å². The second-order valence-corrected chi connectivity index (χ2v) is 5.51. The van der Waals surface area contributed by atoms with Gasteiger partial charge in [0.15, 0.2) is 11.6 Å². The average Bonchev–Trinajstić information content (AvgIpc) is 2.61. The minimum Gasteiger partial charge on any atom is -0.465 e. The molecule has 24 heavy (non-hydrogen) atoms. The van der Waals surface area contributed by atoms with E-state index in [9.17, 15) is 14.4 Å². The lowest BCUT2D eigenvalue weighted by Gasteiger charge is -2.10. The molecular formula is C20H20O4. The largest absolute Gasteiger partial charge is 0.465 e. The normalized spacial score (nSPS) is 11.6. The molecule has 0 fully saturated rings. The summed E-state index contributed by atoms with van der Waals surface area (Å²) < 4.78 is 4.87. The van der Waals surface area contributed by atoms with Crippen LogP contribution in [0.25, 0.3) is 0 Å². The Balaban J connectivity index is 2.12. The summed E-state index contributed by atoms with van der Waals surface area (Å²) in [6, 6.07) is 15.9. The Labute approximate surface area is 141 Å². The van der Waals surface area contributed by atoms with Crippen LogP contribution in [0.5, 0.6) is 0 Å². The Morgan fingerprint density at radius 2 is 1.62 bits per heavy atom. The molecule has 0 saturated heterocycles. The monoisotopic (exact) mass is 324 g/mol. The number of ketones is 2. The number of hydrogen-bond acceptors (Lipinski definition) is 4. The van der Waals surface area contributed by atoms with Crippen LogP contribution in [0.15, 0.2) is 54.6 Å². The summed E-state index contributed by atoms with van der Waals surface area (Å²) in [5, 5.41) is 0. The highest BCUT2D eigenvalue weighted by Crippen LogP contribution is 2.14. The molecule has 4 nitrogen and oxygen atoms in total. The quantitative estimate of drug-likeness (QED) is 0.446. The molecule has 0 heterocycles. The van der Waals surface area contributed by atoms with Gasteiger partial charge < -0.3 is 4.74 Å². The maximum atomic E-state index is 12.5. The number of carbonyl (C=O) groups excluding carboxylic acids is 3. The van der Waals surface area contributed by atoms with Crippen molar-refractivity contribution in [1.82, 2.24) is 0 Å². The fraction of sp³-hybridized carbons (Fsp3) is 0.250. The van der Waals surface area contributed by atoms with Crippen molar-refractivity contribution in [3.63, 3.8) is 0 Å². The van der Waals surface area contributed by atoms with E-state index < -0.39 is 11.9 Å². The van der Waals surface area contributed by atoms with Crippen molar-refractivity contribution in [2.45, 2.75) is 20.3 Å². The highest BCUT2D eigenvalue weighted by molar-refractivity contribution is 6.09. The molecule has 0 amide bonds. The standard InChI is InChI=1S/C20H20O4/c1-3-24-20(23)14(2)18(21)13-15-8-7-11-17(12-15)19(22)16-9-5-4-6-10-16/h4-12,14H,3,13H2,1-2H3. The smallest absolute Gasteiger partial charge is 0.316 e. The van der Waals surface area contributed by atoms with Gasteiger partial charge in [-0.2, -0.15) is 0 Å². The first-order valence-corrected chi connectivity index (χ1v) is 7.91. The molecule has 2 aromatic rings. The zero-order valence-corrected chi connectivity index (χ0v) is 13.8. The maximum Gasteiger partial charge on any atom is 0.316 e. The molecule has 0 spiro atoms. The van der Waals surface area contributed by atoms with E-state index in [0.717, 1.165) is 0 Å². The number of hydrogen-bond donors (Lipinski definition) is 0. The second kappa shape index (κ2) is 8.20. The molecule has 4 heteroatoms. The summed E-state index contributed by atoms with van der Waals surface area (Å²) in [7, 11) is 0. The van der Waals surface area contributed by atoms with Crippen molar-refractivity contribution >= 4 is 17.5 Å². The van der Waals surface area contributed by atoms with Gasteiger partial charge in [0.2, 0.25) is 0 Å². The summed E-state index contributed by atoms with van der Waals surface area (Å²) in [6.07, 6.45) is 0.0931. The van der Waals surface area contributed by atoms with Gasteiger partial charge >= 0.3 is 5.97 Å². The van der Waals surface area contributed by atoms with E-state index in [1.807, 2.05) is 18.2 Å². The Hall–Kier alpha value is -2.75. The predicted molar refractivity (Wildman–Crippen MR) is 90.8 cm³/mol. The number of esters is 1. The van der Waals surface area contributed by atoms with Crippen molar-refractivity contribution in [2.75, 3.05) is 6.61 Å². The topological polar surface area (TPSA) is 60.4 Å². The van der Waals surface area contributed by atoms with Gasteiger partial charge in [-0.3, -0.25) is 14.4 Å². The summed E-state index contributed by atoms with van der Waals surface area (Å²) in [6.45, 7) is 3.49. The Bertz CT molecular complexity index is 734. The zero-order valence-electron chi connectivity index (χ0n) is 13.8. The lowest BCUT2D eigenvalue weighted by molar-refractivity contribution is -0.150. The Kier molecular flexibility index (Phi) is 6.01. The van der Waals surface area contributed by atoms with Gasteiger partial charge in [0, 0.05) is 17.5 Å². The van der Waals surface area contributed by atoms with Crippen LogP contribution in [0.3, 0.4) is 0 Å². The number of benzene rings is 2. The Morgan fingerprint density at radius 3 is 2.29 bits per heavy atom. The van der Waals surface area contributed by atoms with Gasteiger partial charge in [0.05, 0.1) is 6.61 Å². The molecule has 1 atom stereocenters. The van der Waals surface area contributed by atoms with Crippen LogP contribution < -0.4 is 0 Å². The van der Waals surface area contributed by atoms with Crippen molar-refractivity contribution in [1.29, 1.82) is 0 Å². The van der Waals surface area contributed by atoms with E-state index in [2.05, 4.69) is 0 Å². The van der Waals surface area contributed by atoms with Crippen LogP contribution in [-0.4, -0.2) is 24.1 Å². The summed E-state index contributed by atoms with van der Waals surface area (Å²) in [5.41, 5.74) is 1.83. The lowest BCUT2D eigenvalue weighted by atomic mass is 9.96. The minimum atomic E-state index is -0.807. The third kappa shape index (κ3) is 4.38. The third-order valence-electron chi connectivity index (χ3n) is 3.73. The van der Waals surface area contributed by atoms with Crippen LogP contribution in [0, 0.1) is 5.92 Å². The fourth-order valence-corrected chi connectivity index (χ4v) is 2.33. The van der Waals surface area contributed by atoms with Crippen LogP contribution in [-0.2, 0) is 20.7 Å². The van der Waals surface area contributed by atoms with Crippen molar-refractivity contribution in [2.24, 2.45) is 5.92 Å². The fourth-order valence-electron chi connectivity index (χ4n) is 2.33. The molecule has 124 valence electrons. The summed E-state index contributed by atoms with van der Waals surface area (Å²) >= 11 is 0. The zero-order chi connectivity index (χ0) is 17.5. The first-order chi connectivity index (χ1) is 11.5. The van der Waals surface area contributed by atoms with Crippen molar-refractivity contribution in [3.05, 3.63) is 71.3 Å². The molecule has 2 aromatic carbocycles. The van der Waals surface area contributed by atoms with Crippen LogP contribution in [0.2, 0.25) is 0 Å². The average molecular weight is 324 g/mol. The molecule has 0 bridgehead atoms. The summed E-state index contributed by atoms with van der Waals surface area (Å²) in [4.78, 5) is 36.3. The number of carbonyl (C=O) groups is 3. The first kappa shape index (κ1) is 17.6. The second-order valence-electron chi connectivity index (χ2n) is 5.51. The third-order valence-corrected chi connectivity index (χ3v) is 3.73. The SMILES string of the molecule is CCOC(=O)C(C)C(=O)Cc1cccc(C(=O)c2ccccc2)c1. The van der Waals surface area contributed by atoms with E-state index in [4.69, 9.17) is 4.74 Å². The van der Waals surface area contributed by atoms with Crippen LogP contribution in [0.1, 0.15) is 35.3 Å². The number of ether oxygens (including phenoxy) is 1. The van der Waals surface area contributed by atoms with Gasteiger partial charge in [-0.1, -0.05) is 48.5 Å². The van der Waals surface area contributed by atoms with E-state index in [0.29, 0.717) is 16.7 Å². The number of Topliss-reactive ketones (excluding diaryl/α,β-unsaturated/α-hetero) is 1. The van der Waals surface area contributed by atoms with E-state index >= 15 is 0 Å². The molecule has 0 saturated carbocycles. The molecule has 0 aliphatic heterocycles. The molecule has 0 aliphatic carbocycles. The number of rotatable bonds is 7. The van der Waals surface area contributed by atoms with Gasteiger partial charge in [-0.15, -0.1) is 0 Å². The summed E-state index contributed by atoms with van der Waals surface area (Å²) in [5.74, 6) is -1.64. The molecule has 1 unspecified atom stereocenters. The highest BCUT2D eigenvalue weighted by Gasteiger charge is 2.22. The first-order valence-electron chi connectivity index (χ1n) is 7.91. The van der Waals surface area contributed by atoms with Gasteiger partial charge in [-0.05, 0) is 25.5 Å². The lowest BCUT2D eigenvalue weighted by Crippen LogP contribution is -2.24. The molecule has 0 aromatic heterocycles. The van der Waals surface area contributed by atoms with Gasteiger partial charge in [-0.25, -0.2) is 0 Å². The molecular weight excluding hydrogens is 304 g/mol. The highest BCUT2D eigenvalue weighted by atomic mass is 16.5. The molecule has 0 radical (unpaired) electrons. The van der Waals surface area contributed by atoms with Crippen molar-refractivity contribution < 1.29 is 19.1 Å². The molecule has 0 aliphatic rings. The minimum absolute atomic E-state index is 0.0931. The Morgan fingerprint density at radius 1 is 0.958 bits per heavy atom. The van der Waals surface area contributed by atoms with Gasteiger partial charge in [0.1, 0.15) is 5.92 Å². The predicted octanol–water partition coefficient (Wildman–Crippen LogP) is 3.23. The maximum absolute atomic E-state index is 12.5.